The predicted octanol–water partition coefficient (Wildman–Crippen LogP) is 2.50. The molecule has 23 heavy (non-hydrogen) atoms. The monoisotopic (exact) mass is 379 g/mol. The SMILES string of the molecule is COc1cc(/C=N\NC(=O)Cc2cccn2C)cc(Br)c1OC. The number of carbonyl (C=O) groups excluding carboxylic acids is 1. The van der Waals surface area contributed by atoms with Gasteiger partial charge in [0.1, 0.15) is 0 Å². The molecule has 0 bridgehead atoms. The smallest absolute Gasteiger partial charge is 0.245 e. The van der Waals surface area contributed by atoms with Crippen LogP contribution in [0.15, 0.2) is 40.0 Å². The summed E-state index contributed by atoms with van der Waals surface area (Å²) in [5.74, 6) is 1.01. The van der Waals surface area contributed by atoms with E-state index >= 15 is 0 Å². The first-order chi connectivity index (χ1) is 11.0. The first-order valence-corrected chi connectivity index (χ1v) is 7.68. The second kappa shape index (κ2) is 7.82. The molecule has 7 heteroatoms. The fourth-order valence-corrected chi connectivity index (χ4v) is 2.70. The van der Waals surface area contributed by atoms with E-state index in [4.69, 9.17) is 9.47 Å². The number of halogens is 1. The standard InChI is InChI=1S/C16H18BrN3O3/c1-20-6-4-5-12(20)9-15(21)19-18-10-11-7-13(17)16(23-3)14(8-11)22-2/h4-8,10H,9H2,1-3H3,(H,19,21)/b18-10-. The number of nitrogens with one attached hydrogen (secondary N) is 1. The van der Waals surface area contributed by atoms with Gasteiger partial charge in [0, 0.05) is 18.9 Å². The molecule has 2 rings (SSSR count). The summed E-state index contributed by atoms with van der Waals surface area (Å²) in [6, 6.07) is 7.40. The van der Waals surface area contributed by atoms with Gasteiger partial charge in [-0.15, -0.1) is 0 Å². The van der Waals surface area contributed by atoms with Crippen molar-refractivity contribution in [2.24, 2.45) is 12.1 Å². The molecule has 0 atom stereocenters. The van der Waals surface area contributed by atoms with Crippen LogP contribution in [0.5, 0.6) is 11.5 Å². The van der Waals surface area contributed by atoms with Crippen LogP contribution in [-0.2, 0) is 18.3 Å². The van der Waals surface area contributed by atoms with Crippen LogP contribution in [0.25, 0.3) is 0 Å². The quantitative estimate of drug-likeness (QED) is 0.619. The number of carbonyl (C=O) groups is 1. The van der Waals surface area contributed by atoms with Crippen LogP contribution in [0.2, 0.25) is 0 Å². The van der Waals surface area contributed by atoms with Crippen LogP contribution in [0.3, 0.4) is 0 Å². The van der Waals surface area contributed by atoms with Crippen LogP contribution in [0, 0.1) is 0 Å². The highest BCUT2D eigenvalue weighted by Crippen LogP contribution is 2.35. The number of rotatable bonds is 6. The van der Waals surface area contributed by atoms with Crippen molar-refractivity contribution >= 4 is 28.1 Å². The molecular weight excluding hydrogens is 362 g/mol. The van der Waals surface area contributed by atoms with Gasteiger partial charge in [-0.1, -0.05) is 0 Å². The largest absolute Gasteiger partial charge is 0.493 e. The molecule has 0 aliphatic rings. The molecule has 1 amide bonds. The van der Waals surface area contributed by atoms with Gasteiger partial charge in [-0.3, -0.25) is 4.79 Å². The summed E-state index contributed by atoms with van der Waals surface area (Å²) in [6.07, 6.45) is 3.72. The molecular formula is C16H18BrN3O3. The third kappa shape index (κ3) is 4.35. The van der Waals surface area contributed by atoms with Crippen molar-refractivity contribution in [1.29, 1.82) is 0 Å². The van der Waals surface area contributed by atoms with Crippen molar-refractivity contribution in [3.8, 4) is 11.5 Å². The zero-order valence-corrected chi connectivity index (χ0v) is 14.8. The third-order valence-electron chi connectivity index (χ3n) is 3.25. The van der Waals surface area contributed by atoms with Crippen LogP contribution >= 0.6 is 15.9 Å². The summed E-state index contributed by atoms with van der Waals surface area (Å²) in [5.41, 5.74) is 4.21. The van der Waals surface area contributed by atoms with Gasteiger partial charge in [0.25, 0.3) is 0 Å². The number of aromatic nitrogens is 1. The Morgan fingerprint density at radius 1 is 1.39 bits per heavy atom. The Bertz CT molecular complexity index is 725. The van der Waals surface area contributed by atoms with E-state index in [0.717, 1.165) is 15.7 Å². The normalized spacial score (nSPS) is 10.8. The fraction of sp³-hybridized carbons (Fsp3) is 0.250. The lowest BCUT2D eigenvalue weighted by atomic mass is 10.2. The predicted molar refractivity (Wildman–Crippen MR) is 92.1 cm³/mol. The minimum Gasteiger partial charge on any atom is -0.493 e. The molecule has 0 radical (unpaired) electrons. The van der Waals surface area contributed by atoms with Crippen molar-refractivity contribution in [3.63, 3.8) is 0 Å². The van der Waals surface area contributed by atoms with Gasteiger partial charge in [0.2, 0.25) is 5.91 Å². The minimum absolute atomic E-state index is 0.178. The Labute approximate surface area is 143 Å². The number of hydrazone groups is 1. The van der Waals surface area contributed by atoms with E-state index in [2.05, 4.69) is 26.5 Å². The Kier molecular flexibility index (Phi) is 5.81. The van der Waals surface area contributed by atoms with E-state index in [1.807, 2.05) is 36.0 Å². The molecule has 122 valence electrons. The molecule has 0 fully saturated rings. The lowest BCUT2D eigenvalue weighted by Crippen LogP contribution is -2.20. The second-order valence-electron chi connectivity index (χ2n) is 4.82. The van der Waals surface area contributed by atoms with E-state index < -0.39 is 0 Å². The average molecular weight is 380 g/mol. The van der Waals surface area contributed by atoms with Crippen molar-refractivity contribution in [1.82, 2.24) is 9.99 Å². The molecule has 0 aliphatic heterocycles. The highest BCUT2D eigenvalue weighted by molar-refractivity contribution is 9.10. The topological polar surface area (TPSA) is 64.8 Å². The number of nitrogens with zero attached hydrogens (tertiary/aromatic N) is 2. The van der Waals surface area contributed by atoms with Crippen LogP contribution in [-0.4, -0.2) is 30.9 Å². The van der Waals surface area contributed by atoms with Gasteiger partial charge in [0.15, 0.2) is 11.5 Å². The van der Waals surface area contributed by atoms with Gasteiger partial charge in [-0.2, -0.15) is 5.10 Å². The van der Waals surface area contributed by atoms with Crippen molar-refractivity contribution < 1.29 is 14.3 Å². The number of aryl methyl sites for hydroxylation is 1. The summed E-state index contributed by atoms with van der Waals surface area (Å²) in [7, 11) is 5.03. The van der Waals surface area contributed by atoms with Crippen molar-refractivity contribution in [2.45, 2.75) is 6.42 Å². The van der Waals surface area contributed by atoms with Gasteiger partial charge in [0.05, 0.1) is 31.3 Å². The number of benzene rings is 1. The lowest BCUT2D eigenvalue weighted by Gasteiger charge is -2.10. The number of ether oxygens (including phenoxy) is 2. The third-order valence-corrected chi connectivity index (χ3v) is 3.84. The molecule has 0 saturated carbocycles. The average Bonchev–Trinajstić information content (AvgIpc) is 2.91. The second-order valence-corrected chi connectivity index (χ2v) is 5.67. The molecule has 1 aromatic heterocycles. The Hall–Kier alpha value is -2.28. The summed E-state index contributed by atoms with van der Waals surface area (Å²) in [4.78, 5) is 11.9. The van der Waals surface area contributed by atoms with E-state index in [9.17, 15) is 4.79 Å². The van der Waals surface area contributed by atoms with Gasteiger partial charge >= 0.3 is 0 Å². The van der Waals surface area contributed by atoms with E-state index in [1.165, 1.54) is 0 Å². The first kappa shape index (κ1) is 17.1. The highest BCUT2D eigenvalue weighted by atomic mass is 79.9. The van der Waals surface area contributed by atoms with E-state index in [-0.39, 0.29) is 12.3 Å². The molecule has 0 saturated heterocycles. The molecule has 1 heterocycles. The minimum atomic E-state index is -0.178. The van der Waals surface area contributed by atoms with E-state index in [1.54, 1.807) is 26.5 Å². The van der Waals surface area contributed by atoms with Crippen LogP contribution in [0.1, 0.15) is 11.3 Å². The zero-order valence-electron chi connectivity index (χ0n) is 13.2. The fourth-order valence-electron chi connectivity index (χ4n) is 2.08. The first-order valence-electron chi connectivity index (χ1n) is 6.88. The maximum absolute atomic E-state index is 11.9. The van der Waals surface area contributed by atoms with Crippen LogP contribution in [0.4, 0.5) is 0 Å². The molecule has 1 N–H and O–H groups in total. The molecule has 1 aromatic carbocycles. The number of hydrogen-bond acceptors (Lipinski definition) is 4. The summed E-state index contributed by atoms with van der Waals surface area (Å²) < 4.78 is 13.2. The summed E-state index contributed by atoms with van der Waals surface area (Å²) in [6.45, 7) is 0. The number of hydrogen-bond donors (Lipinski definition) is 1. The summed E-state index contributed by atoms with van der Waals surface area (Å²) in [5, 5.41) is 3.97. The Morgan fingerprint density at radius 3 is 2.78 bits per heavy atom. The Balaban J connectivity index is 2.01. The van der Waals surface area contributed by atoms with Crippen LogP contribution < -0.4 is 14.9 Å². The van der Waals surface area contributed by atoms with Gasteiger partial charge in [-0.05, 0) is 45.8 Å². The number of methoxy groups -OCH3 is 2. The molecule has 0 spiro atoms. The van der Waals surface area contributed by atoms with Crippen molar-refractivity contribution in [3.05, 3.63) is 46.2 Å². The van der Waals surface area contributed by atoms with E-state index in [0.29, 0.717) is 11.5 Å². The molecule has 2 aromatic rings. The summed E-state index contributed by atoms with van der Waals surface area (Å²) >= 11 is 3.41. The van der Waals surface area contributed by atoms with Crippen molar-refractivity contribution in [2.75, 3.05) is 14.2 Å². The number of amides is 1. The lowest BCUT2D eigenvalue weighted by molar-refractivity contribution is -0.120. The maximum atomic E-state index is 11.9. The highest BCUT2D eigenvalue weighted by Gasteiger charge is 2.09. The maximum Gasteiger partial charge on any atom is 0.245 e. The van der Waals surface area contributed by atoms with Gasteiger partial charge < -0.3 is 14.0 Å². The molecule has 0 aliphatic carbocycles. The molecule has 0 unspecified atom stereocenters. The zero-order chi connectivity index (χ0) is 16.8. The Morgan fingerprint density at radius 2 is 2.17 bits per heavy atom. The van der Waals surface area contributed by atoms with Gasteiger partial charge in [-0.25, -0.2) is 5.43 Å². The molecule has 6 nitrogen and oxygen atoms in total.